The molecule has 7 nitrogen and oxygen atoms in total. The van der Waals surface area contributed by atoms with Gasteiger partial charge in [-0.05, 0) is 55.7 Å². The first kappa shape index (κ1) is 29.5. The topological polar surface area (TPSA) is 93.6 Å². The molecule has 1 fully saturated rings. The summed E-state index contributed by atoms with van der Waals surface area (Å²) in [5.74, 6) is 1.77. The lowest BCUT2D eigenvalue weighted by atomic mass is 10.1. The minimum atomic E-state index is -1.29. The smallest absolute Gasteiger partial charge is 0.356 e. The lowest BCUT2D eigenvalue weighted by Crippen LogP contribution is -2.35. The number of hydrogen-bond donors (Lipinski definition) is 2. The van der Waals surface area contributed by atoms with E-state index < -0.39 is 23.4 Å². The molecule has 0 spiro atoms. The van der Waals surface area contributed by atoms with E-state index in [-0.39, 0.29) is 34.1 Å². The van der Waals surface area contributed by atoms with Gasteiger partial charge in [-0.3, -0.25) is 5.84 Å². The van der Waals surface area contributed by atoms with Gasteiger partial charge in [-0.25, -0.2) is 23.3 Å². The second-order valence-corrected chi connectivity index (χ2v) is 10.1. The average Bonchev–Trinajstić information content (AvgIpc) is 3.26. The molecule has 210 valence electrons. The fourth-order valence-corrected chi connectivity index (χ4v) is 4.84. The minimum absolute atomic E-state index is 0.0193. The molecule has 1 saturated heterocycles. The monoisotopic (exact) mass is 588 g/mol. The van der Waals surface area contributed by atoms with Gasteiger partial charge < -0.3 is 9.84 Å². The maximum absolute atomic E-state index is 14.9. The summed E-state index contributed by atoms with van der Waals surface area (Å²) in [7, 11) is 0. The van der Waals surface area contributed by atoms with Crippen LogP contribution in [-0.2, 0) is 6.61 Å². The third-order valence-corrected chi connectivity index (χ3v) is 6.89. The number of hydrogen-bond acceptors (Lipinski definition) is 5. The molecule has 1 aliphatic rings. The van der Waals surface area contributed by atoms with Crippen molar-refractivity contribution in [1.82, 2.24) is 14.8 Å². The lowest BCUT2D eigenvalue weighted by molar-refractivity contribution is 0.0689. The van der Waals surface area contributed by atoms with Gasteiger partial charge >= 0.3 is 5.97 Å². The quantitative estimate of drug-likeness (QED) is 0.234. The second kappa shape index (κ2) is 13.2. The number of carboxylic acid groups (broad SMARTS) is 1. The number of nitrogens with zero attached hydrogens (tertiary/aromatic N) is 3. The van der Waals surface area contributed by atoms with Gasteiger partial charge in [-0.15, -0.1) is 0 Å². The van der Waals surface area contributed by atoms with Gasteiger partial charge in [0.15, 0.2) is 23.1 Å². The molecule has 1 aromatic heterocycles. The molecule has 0 aliphatic carbocycles. The summed E-state index contributed by atoms with van der Waals surface area (Å²) in [6.45, 7) is 3.68. The molecule has 40 heavy (non-hydrogen) atoms. The summed E-state index contributed by atoms with van der Waals surface area (Å²) in [5.41, 5.74) is 1.23. The molecule has 2 heterocycles. The molecule has 0 atom stereocenters. The minimum Gasteiger partial charge on any atom is -0.483 e. The largest absolute Gasteiger partial charge is 0.483 e. The zero-order chi connectivity index (χ0) is 28.8. The highest BCUT2D eigenvalue weighted by molar-refractivity contribution is 6.35. The molecule has 1 aliphatic heterocycles. The van der Waals surface area contributed by atoms with E-state index in [0.717, 1.165) is 30.8 Å². The summed E-state index contributed by atoms with van der Waals surface area (Å²) in [6.07, 6.45) is 3.95. The Bertz CT molecular complexity index is 1470. The molecule has 11 heteroatoms. The highest BCUT2D eigenvalue weighted by atomic mass is 35.5. The highest BCUT2D eigenvalue weighted by Crippen LogP contribution is 2.35. The standard InChI is InChI=1S/C24H16Cl2F2N2O3.C5H12N2/c1-13-21(24(31)32)29-30(20-8-7-16(25)11-17(20)26)22(13)15-9-18(27)23(19(28)10-15)33-12-14-5-3-2-4-6-14;6-7-4-2-1-3-5-7/h2-11H,12H2,1H3,(H,31,32);1-6H2. The van der Waals surface area contributed by atoms with Gasteiger partial charge in [0.05, 0.1) is 16.4 Å². The molecule has 5 rings (SSSR count). The Labute approximate surface area is 240 Å². The van der Waals surface area contributed by atoms with Crippen molar-refractivity contribution in [2.24, 2.45) is 5.84 Å². The predicted octanol–water partition coefficient (Wildman–Crippen LogP) is 7.06. The Morgan fingerprint density at radius 1 is 1.02 bits per heavy atom. The Hall–Kier alpha value is -3.50. The zero-order valence-corrected chi connectivity index (χ0v) is 23.2. The average molecular weight is 589 g/mol. The lowest BCUT2D eigenvalue weighted by Gasteiger charge is -2.20. The van der Waals surface area contributed by atoms with Crippen LogP contribution in [0.1, 0.15) is 40.9 Å². The van der Waals surface area contributed by atoms with Crippen LogP contribution in [0.5, 0.6) is 5.75 Å². The normalized spacial score (nSPS) is 13.4. The summed E-state index contributed by atoms with van der Waals surface area (Å²) in [5, 5.41) is 16.1. The number of rotatable bonds is 6. The molecule has 0 bridgehead atoms. The third-order valence-electron chi connectivity index (χ3n) is 6.35. The van der Waals surface area contributed by atoms with Crippen LogP contribution in [0.25, 0.3) is 16.9 Å². The van der Waals surface area contributed by atoms with E-state index in [1.807, 2.05) is 11.1 Å². The van der Waals surface area contributed by atoms with Gasteiger partial charge in [0.2, 0.25) is 0 Å². The van der Waals surface area contributed by atoms with Gasteiger partial charge in [0.1, 0.15) is 6.61 Å². The van der Waals surface area contributed by atoms with E-state index >= 15 is 0 Å². The summed E-state index contributed by atoms with van der Waals surface area (Å²) in [4.78, 5) is 11.7. The number of benzene rings is 3. The van der Waals surface area contributed by atoms with E-state index in [9.17, 15) is 18.7 Å². The van der Waals surface area contributed by atoms with Crippen molar-refractivity contribution in [3.05, 3.63) is 99.2 Å². The molecule has 0 unspecified atom stereocenters. The van der Waals surface area contributed by atoms with E-state index in [0.29, 0.717) is 10.7 Å². The second-order valence-electron chi connectivity index (χ2n) is 9.27. The summed E-state index contributed by atoms with van der Waals surface area (Å²) >= 11 is 12.3. The number of nitrogens with two attached hydrogens (primary N) is 1. The van der Waals surface area contributed by atoms with Crippen molar-refractivity contribution in [2.45, 2.75) is 32.8 Å². The number of piperidine rings is 1. The maximum atomic E-state index is 14.9. The van der Waals surface area contributed by atoms with E-state index in [2.05, 4.69) is 5.10 Å². The molecule has 0 radical (unpaired) electrons. The first-order chi connectivity index (χ1) is 19.2. The fourth-order valence-electron chi connectivity index (χ4n) is 4.35. The van der Waals surface area contributed by atoms with Crippen molar-refractivity contribution < 1.29 is 23.4 Å². The molecule has 4 aromatic rings. The van der Waals surface area contributed by atoms with Gasteiger partial charge in [-0.1, -0.05) is 60.0 Å². The molecule has 0 saturated carbocycles. The molecule has 3 aromatic carbocycles. The highest BCUT2D eigenvalue weighted by Gasteiger charge is 2.25. The number of aromatic carboxylic acids is 1. The Balaban J connectivity index is 0.000000461. The number of halogens is 4. The van der Waals surface area contributed by atoms with Crippen LogP contribution in [0.15, 0.2) is 60.7 Å². The SMILES string of the molecule is Cc1c(C(=O)O)nn(-c2ccc(Cl)cc2Cl)c1-c1cc(F)c(OCc2ccccc2)c(F)c1.NN1CCCCC1. The van der Waals surface area contributed by atoms with Gasteiger partial charge in [-0.2, -0.15) is 5.10 Å². The maximum Gasteiger partial charge on any atom is 0.356 e. The summed E-state index contributed by atoms with van der Waals surface area (Å²) < 4.78 is 36.4. The van der Waals surface area contributed by atoms with E-state index in [1.165, 1.54) is 43.0 Å². The number of hydrazine groups is 1. The van der Waals surface area contributed by atoms with Gasteiger partial charge in [0, 0.05) is 29.2 Å². The van der Waals surface area contributed by atoms with Crippen molar-refractivity contribution in [3.63, 3.8) is 0 Å². The first-order valence-corrected chi connectivity index (χ1v) is 13.4. The van der Waals surface area contributed by atoms with E-state index in [4.69, 9.17) is 33.8 Å². The van der Waals surface area contributed by atoms with Crippen LogP contribution in [0.4, 0.5) is 8.78 Å². The Morgan fingerprint density at radius 3 is 2.23 bits per heavy atom. The van der Waals surface area contributed by atoms with Crippen molar-refractivity contribution in [3.8, 4) is 22.7 Å². The molecular weight excluding hydrogens is 561 g/mol. The van der Waals surface area contributed by atoms with Crippen molar-refractivity contribution in [1.29, 1.82) is 0 Å². The number of aromatic nitrogens is 2. The number of carboxylic acids is 1. The molecule has 3 N–H and O–H groups in total. The fraction of sp³-hybridized carbons (Fsp3) is 0.241. The van der Waals surface area contributed by atoms with Crippen LogP contribution in [-0.4, -0.2) is 39.0 Å². The van der Waals surface area contributed by atoms with Crippen LogP contribution < -0.4 is 10.6 Å². The Morgan fingerprint density at radius 2 is 1.68 bits per heavy atom. The number of carbonyl (C=O) groups is 1. The van der Waals surface area contributed by atoms with E-state index in [1.54, 1.807) is 30.3 Å². The molecular formula is C29H28Cl2F2N4O3. The zero-order valence-electron chi connectivity index (χ0n) is 21.7. The predicted molar refractivity (Wildman–Crippen MR) is 151 cm³/mol. The van der Waals surface area contributed by atoms with Crippen LogP contribution >= 0.6 is 23.2 Å². The number of ether oxygens (including phenoxy) is 1. The van der Waals surface area contributed by atoms with Crippen LogP contribution in [0.3, 0.4) is 0 Å². The summed E-state index contributed by atoms with van der Waals surface area (Å²) in [6, 6.07) is 15.6. The first-order valence-electron chi connectivity index (χ1n) is 12.6. The Kier molecular flexibility index (Phi) is 9.76. The third kappa shape index (κ3) is 6.98. The molecule has 0 amide bonds. The van der Waals surface area contributed by atoms with Crippen molar-refractivity contribution >= 4 is 29.2 Å². The van der Waals surface area contributed by atoms with Crippen LogP contribution in [0, 0.1) is 18.6 Å². The van der Waals surface area contributed by atoms with Crippen molar-refractivity contribution in [2.75, 3.05) is 13.1 Å². The van der Waals surface area contributed by atoms with Gasteiger partial charge in [0.25, 0.3) is 0 Å². The van der Waals surface area contributed by atoms with Crippen LogP contribution in [0.2, 0.25) is 10.0 Å².